The number of rotatable bonds is 3. The molecule has 17 heavy (non-hydrogen) atoms. The van der Waals surface area contributed by atoms with E-state index in [1.165, 1.54) is 0 Å². The second-order valence-electron chi connectivity index (χ2n) is 4.34. The topological polar surface area (TPSA) is 72.2 Å². The molecule has 0 aliphatic rings. The summed E-state index contributed by atoms with van der Waals surface area (Å²) in [7, 11) is 0. The van der Waals surface area contributed by atoms with Crippen LogP contribution >= 0.6 is 0 Å². The molecule has 0 aliphatic carbocycles. The quantitative estimate of drug-likeness (QED) is 0.851. The summed E-state index contributed by atoms with van der Waals surface area (Å²) in [5.41, 5.74) is 0.894. The van der Waals surface area contributed by atoms with Crippen LogP contribution in [0.25, 0.3) is 5.78 Å². The number of amides is 1. The van der Waals surface area contributed by atoms with Crippen LogP contribution in [0.5, 0.6) is 0 Å². The van der Waals surface area contributed by atoms with Crippen LogP contribution in [0.1, 0.15) is 30.2 Å². The molecule has 0 radical (unpaired) electrons. The number of carbonyl (C=O) groups is 1. The van der Waals surface area contributed by atoms with Gasteiger partial charge in [-0.05, 0) is 18.9 Å². The van der Waals surface area contributed by atoms with Gasteiger partial charge in [0.1, 0.15) is 0 Å². The first-order valence-electron chi connectivity index (χ1n) is 5.54. The van der Waals surface area contributed by atoms with Gasteiger partial charge in [0.25, 0.3) is 11.7 Å². The van der Waals surface area contributed by atoms with Gasteiger partial charge in [0, 0.05) is 18.4 Å². The average Bonchev–Trinajstić information content (AvgIpc) is 2.71. The highest BCUT2D eigenvalue weighted by molar-refractivity contribution is 5.90. The monoisotopic (exact) mass is 233 g/mol. The molecule has 2 heterocycles. The Balaban J connectivity index is 2.24. The third-order valence-corrected chi connectivity index (χ3v) is 2.30. The molecule has 1 amide bonds. The number of aromatic nitrogens is 4. The Kier molecular flexibility index (Phi) is 3.03. The van der Waals surface area contributed by atoms with Gasteiger partial charge >= 0.3 is 0 Å². The minimum atomic E-state index is -0.261. The lowest BCUT2D eigenvalue weighted by molar-refractivity contribution is 0.0939. The number of aryl methyl sites for hydroxylation is 1. The highest BCUT2D eigenvalue weighted by Gasteiger charge is 2.13. The van der Waals surface area contributed by atoms with Gasteiger partial charge in [-0.1, -0.05) is 13.8 Å². The van der Waals surface area contributed by atoms with Crippen LogP contribution in [0.4, 0.5) is 0 Å². The van der Waals surface area contributed by atoms with Gasteiger partial charge < -0.3 is 5.32 Å². The Labute approximate surface area is 99.1 Å². The van der Waals surface area contributed by atoms with E-state index in [0.717, 1.165) is 5.69 Å². The van der Waals surface area contributed by atoms with Crippen molar-refractivity contribution in [2.24, 2.45) is 5.92 Å². The van der Waals surface area contributed by atoms with Crippen LogP contribution in [-0.2, 0) is 0 Å². The Morgan fingerprint density at radius 1 is 1.53 bits per heavy atom. The van der Waals surface area contributed by atoms with Crippen molar-refractivity contribution in [3.05, 3.63) is 23.8 Å². The fourth-order valence-electron chi connectivity index (χ4n) is 1.38. The van der Waals surface area contributed by atoms with Crippen LogP contribution in [-0.4, -0.2) is 32.0 Å². The molecule has 0 atom stereocenters. The van der Waals surface area contributed by atoms with Crippen LogP contribution in [0.15, 0.2) is 12.3 Å². The molecular formula is C11H15N5O. The maximum absolute atomic E-state index is 11.8. The average molecular weight is 233 g/mol. The molecule has 1 N–H and O–H groups in total. The van der Waals surface area contributed by atoms with E-state index in [1.807, 2.05) is 26.8 Å². The smallest absolute Gasteiger partial charge is 0.291 e. The third-order valence-electron chi connectivity index (χ3n) is 2.30. The predicted octanol–water partition coefficient (Wildman–Crippen LogP) is 0.819. The Morgan fingerprint density at radius 2 is 2.29 bits per heavy atom. The summed E-state index contributed by atoms with van der Waals surface area (Å²) in [5, 5.41) is 6.89. The molecule has 0 saturated heterocycles. The standard InChI is InChI=1S/C11H15N5O/c1-7(2)6-13-10(17)9-14-11-12-5-4-8(3)16(11)15-9/h4-5,7H,6H2,1-3H3,(H,13,17). The summed E-state index contributed by atoms with van der Waals surface area (Å²) in [4.78, 5) is 19.9. The molecule has 2 aromatic heterocycles. The molecule has 2 rings (SSSR count). The van der Waals surface area contributed by atoms with Crippen molar-refractivity contribution in [3.8, 4) is 0 Å². The number of hydrogen-bond donors (Lipinski definition) is 1. The first-order chi connectivity index (χ1) is 8.08. The Bertz CT molecular complexity index is 546. The molecular weight excluding hydrogens is 218 g/mol. The fourth-order valence-corrected chi connectivity index (χ4v) is 1.38. The number of hydrogen-bond acceptors (Lipinski definition) is 4. The second-order valence-corrected chi connectivity index (χ2v) is 4.34. The van der Waals surface area contributed by atoms with Gasteiger partial charge in [-0.3, -0.25) is 4.79 Å². The number of carbonyl (C=O) groups excluding carboxylic acids is 1. The molecule has 0 unspecified atom stereocenters. The largest absolute Gasteiger partial charge is 0.349 e. The van der Waals surface area contributed by atoms with Crippen LogP contribution in [0.3, 0.4) is 0 Å². The van der Waals surface area contributed by atoms with Gasteiger partial charge in [-0.15, -0.1) is 5.10 Å². The molecule has 0 spiro atoms. The van der Waals surface area contributed by atoms with Crippen molar-refractivity contribution in [2.45, 2.75) is 20.8 Å². The van der Waals surface area contributed by atoms with Crippen LogP contribution < -0.4 is 5.32 Å². The zero-order chi connectivity index (χ0) is 12.4. The van der Waals surface area contributed by atoms with Gasteiger partial charge in [0.2, 0.25) is 5.82 Å². The number of nitrogens with one attached hydrogen (secondary N) is 1. The first kappa shape index (κ1) is 11.5. The summed E-state index contributed by atoms with van der Waals surface area (Å²) in [6, 6.07) is 1.82. The molecule has 90 valence electrons. The molecule has 0 saturated carbocycles. The SMILES string of the molecule is Cc1ccnc2nc(C(=O)NCC(C)C)nn12. The molecule has 6 nitrogen and oxygen atoms in total. The minimum absolute atomic E-state index is 0.160. The van der Waals surface area contributed by atoms with E-state index in [2.05, 4.69) is 20.4 Å². The van der Waals surface area contributed by atoms with Gasteiger partial charge in [0.15, 0.2) is 0 Å². The number of nitrogens with zero attached hydrogens (tertiary/aromatic N) is 4. The van der Waals surface area contributed by atoms with Crippen LogP contribution in [0, 0.1) is 12.8 Å². The van der Waals surface area contributed by atoms with Gasteiger partial charge in [-0.2, -0.15) is 4.98 Å². The summed E-state index contributed by atoms with van der Waals surface area (Å²) in [6.07, 6.45) is 1.65. The van der Waals surface area contributed by atoms with Gasteiger partial charge in [0.05, 0.1) is 0 Å². The van der Waals surface area contributed by atoms with Crippen LogP contribution in [0.2, 0.25) is 0 Å². The van der Waals surface area contributed by atoms with E-state index >= 15 is 0 Å². The Hall–Kier alpha value is -1.98. The minimum Gasteiger partial charge on any atom is -0.349 e. The van der Waals surface area contributed by atoms with Crippen molar-refractivity contribution in [1.82, 2.24) is 24.9 Å². The van der Waals surface area contributed by atoms with E-state index in [-0.39, 0.29) is 11.7 Å². The van der Waals surface area contributed by atoms with E-state index < -0.39 is 0 Å². The maximum atomic E-state index is 11.8. The highest BCUT2D eigenvalue weighted by atomic mass is 16.2. The van der Waals surface area contributed by atoms with E-state index in [4.69, 9.17) is 0 Å². The van der Waals surface area contributed by atoms with E-state index in [1.54, 1.807) is 10.7 Å². The lowest BCUT2D eigenvalue weighted by Gasteiger charge is -2.04. The number of fused-ring (bicyclic) bond motifs is 1. The summed E-state index contributed by atoms with van der Waals surface area (Å²) < 4.78 is 1.56. The zero-order valence-corrected chi connectivity index (χ0v) is 10.1. The van der Waals surface area contributed by atoms with E-state index in [0.29, 0.717) is 18.2 Å². The molecule has 6 heteroatoms. The Morgan fingerprint density at radius 3 is 2.94 bits per heavy atom. The molecule has 0 fully saturated rings. The second kappa shape index (κ2) is 4.48. The fraction of sp³-hybridized carbons (Fsp3) is 0.455. The van der Waals surface area contributed by atoms with Crippen molar-refractivity contribution in [2.75, 3.05) is 6.54 Å². The normalized spacial score (nSPS) is 11.1. The van der Waals surface area contributed by atoms with Crippen molar-refractivity contribution >= 4 is 11.7 Å². The zero-order valence-electron chi connectivity index (χ0n) is 10.1. The molecule has 0 aromatic carbocycles. The van der Waals surface area contributed by atoms with Gasteiger partial charge in [-0.25, -0.2) is 9.50 Å². The lowest BCUT2D eigenvalue weighted by atomic mass is 10.2. The molecule has 0 bridgehead atoms. The van der Waals surface area contributed by atoms with Crippen molar-refractivity contribution in [3.63, 3.8) is 0 Å². The lowest BCUT2D eigenvalue weighted by Crippen LogP contribution is -2.28. The maximum Gasteiger partial charge on any atom is 0.291 e. The van der Waals surface area contributed by atoms with E-state index in [9.17, 15) is 4.79 Å². The summed E-state index contributed by atoms with van der Waals surface area (Å²) >= 11 is 0. The third kappa shape index (κ3) is 2.41. The van der Waals surface area contributed by atoms with Crippen molar-refractivity contribution < 1.29 is 4.79 Å². The predicted molar refractivity (Wildman–Crippen MR) is 62.7 cm³/mol. The molecule has 2 aromatic rings. The first-order valence-corrected chi connectivity index (χ1v) is 5.54. The summed E-state index contributed by atoms with van der Waals surface area (Å²) in [6.45, 7) is 6.56. The molecule has 0 aliphatic heterocycles. The highest BCUT2D eigenvalue weighted by Crippen LogP contribution is 2.01. The summed E-state index contributed by atoms with van der Waals surface area (Å²) in [5.74, 6) is 0.742. The van der Waals surface area contributed by atoms with Crippen molar-refractivity contribution in [1.29, 1.82) is 0 Å².